The van der Waals surface area contributed by atoms with Crippen molar-refractivity contribution in [1.29, 1.82) is 0 Å². The number of epoxide rings is 1. The first-order chi connectivity index (χ1) is 13.5. The molecule has 0 bridgehead atoms. The monoisotopic (exact) mass is 392 g/mol. The van der Waals surface area contributed by atoms with Crippen LogP contribution in [0.1, 0.15) is 51.9 Å². The van der Waals surface area contributed by atoms with E-state index in [0.717, 1.165) is 65.1 Å². The lowest BCUT2D eigenvalue weighted by molar-refractivity contribution is -0.911. The van der Waals surface area contributed by atoms with Crippen LogP contribution in [0.2, 0.25) is 0 Å². The fourth-order valence-corrected chi connectivity index (χ4v) is 7.48. The molecule has 0 aromatic carbocycles. The standard InChI is InChI=1S/C22H33NO5/c1-20-3-2-4-21(14-27-21)18(20)11-15-16(19(24)28-17(15)12-20)13-23-7-5-22(6-8-23)25-9-10-26-22/h15-18H,2-14H2,1H3/p+1/t15-,16-,17-,18-,20-,21-/m1/s1. The number of nitrogens with one attached hydrogen (secondary N) is 1. The van der Waals surface area contributed by atoms with Gasteiger partial charge in [0.15, 0.2) is 5.79 Å². The molecule has 1 N–H and O–H groups in total. The van der Waals surface area contributed by atoms with Gasteiger partial charge in [0.05, 0.1) is 57.9 Å². The molecule has 6 nitrogen and oxygen atoms in total. The molecule has 2 aliphatic carbocycles. The van der Waals surface area contributed by atoms with Gasteiger partial charge >= 0.3 is 5.97 Å². The SMILES string of the molecule is C[C@]12CCC[C@@]3(CO3)[C@@H]1C[C@H]1[C@@H](C2)OC(=O)[C@@H]1C[NH+]1CCC2(CC1)OCCO2. The molecule has 2 saturated carbocycles. The van der Waals surface area contributed by atoms with Gasteiger partial charge in [-0.25, -0.2) is 0 Å². The first-order valence-corrected chi connectivity index (χ1v) is 11.5. The number of quaternary nitrogens is 1. The van der Waals surface area contributed by atoms with E-state index in [1.165, 1.54) is 24.2 Å². The van der Waals surface area contributed by atoms with Crippen molar-refractivity contribution in [3.05, 3.63) is 0 Å². The van der Waals surface area contributed by atoms with Crippen LogP contribution in [0.15, 0.2) is 0 Å². The van der Waals surface area contributed by atoms with Crippen molar-refractivity contribution in [1.82, 2.24) is 0 Å². The summed E-state index contributed by atoms with van der Waals surface area (Å²) in [5.74, 6) is 0.775. The Bertz CT molecular complexity index is 647. The van der Waals surface area contributed by atoms with Crippen molar-refractivity contribution in [2.75, 3.05) is 39.5 Å². The van der Waals surface area contributed by atoms with Crippen molar-refractivity contribution in [3.63, 3.8) is 0 Å². The number of carbonyl (C=O) groups is 1. The Labute approximate surface area is 167 Å². The molecule has 0 aromatic heterocycles. The van der Waals surface area contributed by atoms with Crippen LogP contribution in [0.3, 0.4) is 0 Å². The third-order valence-corrected chi connectivity index (χ3v) is 9.12. The van der Waals surface area contributed by atoms with Gasteiger partial charge in [-0.15, -0.1) is 0 Å². The van der Waals surface area contributed by atoms with Crippen LogP contribution >= 0.6 is 0 Å². The summed E-state index contributed by atoms with van der Waals surface area (Å²) in [4.78, 5) is 14.4. The van der Waals surface area contributed by atoms with Crippen LogP contribution in [0.25, 0.3) is 0 Å². The van der Waals surface area contributed by atoms with Gasteiger partial charge in [0.2, 0.25) is 0 Å². The van der Waals surface area contributed by atoms with Gasteiger partial charge in [0, 0.05) is 5.92 Å². The number of esters is 1. The molecule has 156 valence electrons. The summed E-state index contributed by atoms with van der Waals surface area (Å²) < 4.78 is 23.7. The van der Waals surface area contributed by atoms with Gasteiger partial charge in [0.1, 0.15) is 12.0 Å². The highest BCUT2D eigenvalue weighted by Gasteiger charge is 2.65. The summed E-state index contributed by atoms with van der Waals surface area (Å²) in [5, 5.41) is 0. The maximum Gasteiger partial charge on any atom is 0.315 e. The number of hydrogen-bond acceptors (Lipinski definition) is 5. The highest BCUT2D eigenvalue weighted by Crippen LogP contribution is 2.62. The average molecular weight is 393 g/mol. The predicted octanol–water partition coefficient (Wildman–Crippen LogP) is 0.935. The van der Waals surface area contributed by atoms with E-state index in [1.807, 2.05) is 0 Å². The molecule has 6 rings (SSSR count). The molecule has 0 aromatic rings. The fraction of sp³-hybridized carbons (Fsp3) is 0.955. The van der Waals surface area contributed by atoms with Gasteiger partial charge in [-0.1, -0.05) is 6.92 Å². The third kappa shape index (κ3) is 2.71. The Hall–Kier alpha value is -0.690. The lowest BCUT2D eigenvalue weighted by Crippen LogP contribution is -3.14. The topological polar surface area (TPSA) is 61.7 Å². The minimum Gasteiger partial charge on any atom is -0.462 e. The molecule has 0 amide bonds. The predicted molar refractivity (Wildman–Crippen MR) is 99.7 cm³/mol. The van der Waals surface area contributed by atoms with Crippen molar-refractivity contribution in [2.45, 2.75) is 69.4 Å². The Balaban J connectivity index is 1.15. The van der Waals surface area contributed by atoms with Gasteiger partial charge in [-0.05, 0) is 43.4 Å². The summed E-state index contributed by atoms with van der Waals surface area (Å²) in [6.45, 7) is 7.76. The van der Waals surface area contributed by atoms with Crippen molar-refractivity contribution in [2.24, 2.45) is 23.2 Å². The highest BCUT2D eigenvalue weighted by molar-refractivity contribution is 5.75. The minimum atomic E-state index is -0.327. The minimum absolute atomic E-state index is 0.0572. The van der Waals surface area contributed by atoms with Gasteiger partial charge < -0.3 is 23.8 Å². The highest BCUT2D eigenvalue weighted by atomic mass is 16.7. The molecule has 4 aliphatic heterocycles. The molecular formula is C22H34NO5+. The number of likely N-dealkylation sites (tertiary alicyclic amines) is 1. The molecule has 28 heavy (non-hydrogen) atoms. The van der Waals surface area contributed by atoms with E-state index in [4.69, 9.17) is 18.9 Å². The largest absolute Gasteiger partial charge is 0.462 e. The van der Waals surface area contributed by atoms with Crippen LogP contribution in [-0.2, 0) is 23.7 Å². The van der Waals surface area contributed by atoms with E-state index in [2.05, 4.69) is 6.92 Å². The number of hydrogen-bond donors (Lipinski definition) is 1. The second kappa shape index (κ2) is 6.16. The molecule has 6 heteroatoms. The maximum atomic E-state index is 12.8. The average Bonchev–Trinajstić information content (AvgIpc) is 3.18. The normalized spacial score (nSPS) is 49.8. The zero-order chi connectivity index (χ0) is 19.0. The Morgan fingerprint density at radius 2 is 1.82 bits per heavy atom. The molecule has 6 atom stereocenters. The molecule has 0 unspecified atom stereocenters. The first-order valence-electron chi connectivity index (χ1n) is 11.5. The lowest BCUT2D eigenvalue weighted by atomic mass is 9.53. The van der Waals surface area contributed by atoms with Crippen LogP contribution in [0, 0.1) is 23.2 Å². The zero-order valence-corrected chi connectivity index (χ0v) is 17.0. The quantitative estimate of drug-likeness (QED) is 0.560. The lowest BCUT2D eigenvalue weighted by Gasteiger charge is -2.51. The molecule has 2 spiro atoms. The van der Waals surface area contributed by atoms with Crippen LogP contribution < -0.4 is 4.90 Å². The summed E-state index contributed by atoms with van der Waals surface area (Å²) in [6, 6.07) is 0. The summed E-state index contributed by atoms with van der Waals surface area (Å²) >= 11 is 0. The number of piperidine rings is 1. The molecule has 6 fully saturated rings. The number of rotatable bonds is 2. The Morgan fingerprint density at radius 3 is 2.54 bits per heavy atom. The summed E-state index contributed by atoms with van der Waals surface area (Å²) in [6.07, 6.45) is 7.88. The first kappa shape index (κ1) is 18.1. The molecule has 0 radical (unpaired) electrons. The van der Waals surface area contributed by atoms with Crippen LogP contribution in [0.4, 0.5) is 0 Å². The van der Waals surface area contributed by atoms with Gasteiger partial charge in [-0.3, -0.25) is 4.79 Å². The number of fused-ring (bicyclic) bond motifs is 3. The van der Waals surface area contributed by atoms with Gasteiger partial charge in [-0.2, -0.15) is 0 Å². The maximum absolute atomic E-state index is 12.8. The van der Waals surface area contributed by atoms with Crippen molar-refractivity contribution in [3.8, 4) is 0 Å². The Morgan fingerprint density at radius 1 is 1.07 bits per heavy atom. The Kier molecular flexibility index (Phi) is 3.98. The van der Waals surface area contributed by atoms with E-state index >= 15 is 0 Å². The molecule has 4 saturated heterocycles. The molecule has 4 heterocycles. The second-order valence-electron chi connectivity index (χ2n) is 10.7. The molecular weight excluding hydrogens is 358 g/mol. The van der Waals surface area contributed by atoms with E-state index in [1.54, 1.807) is 0 Å². The van der Waals surface area contributed by atoms with Crippen molar-refractivity contribution < 1.29 is 28.6 Å². The van der Waals surface area contributed by atoms with Crippen LogP contribution in [-0.4, -0.2) is 62.9 Å². The van der Waals surface area contributed by atoms with E-state index in [9.17, 15) is 4.79 Å². The fourth-order valence-electron chi connectivity index (χ4n) is 7.48. The van der Waals surface area contributed by atoms with Crippen molar-refractivity contribution >= 4 is 5.97 Å². The number of ether oxygens (including phenoxy) is 4. The zero-order valence-electron chi connectivity index (χ0n) is 17.0. The number of carbonyl (C=O) groups excluding carboxylic acids is 1. The van der Waals surface area contributed by atoms with E-state index in [-0.39, 0.29) is 34.8 Å². The summed E-state index contributed by atoms with van der Waals surface area (Å²) in [5.41, 5.74) is 0.419. The molecule has 6 aliphatic rings. The second-order valence-corrected chi connectivity index (χ2v) is 10.7. The summed E-state index contributed by atoms with van der Waals surface area (Å²) in [7, 11) is 0. The van der Waals surface area contributed by atoms with E-state index in [0.29, 0.717) is 11.8 Å². The third-order valence-electron chi connectivity index (χ3n) is 9.12. The smallest absolute Gasteiger partial charge is 0.315 e. The van der Waals surface area contributed by atoms with E-state index < -0.39 is 0 Å². The van der Waals surface area contributed by atoms with Gasteiger partial charge in [0.25, 0.3) is 0 Å². The van der Waals surface area contributed by atoms with Crippen LogP contribution in [0.5, 0.6) is 0 Å².